The van der Waals surface area contributed by atoms with Gasteiger partial charge in [0.1, 0.15) is 5.52 Å². The monoisotopic (exact) mass is 191 g/mol. The second-order valence-electron chi connectivity index (χ2n) is 2.61. The molecule has 2 aromatic heterocycles. The maximum atomic E-state index is 8.59. The molecule has 0 aromatic carbocycles. The van der Waals surface area contributed by atoms with E-state index in [-0.39, 0.29) is 6.61 Å². The Morgan fingerprint density at radius 3 is 2.93 bits per heavy atom. The van der Waals surface area contributed by atoms with Gasteiger partial charge in [0.2, 0.25) is 5.95 Å². The van der Waals surface area contributed by atoms with Crippen molar-refractivity contribution in [3.8, 4) is 0 Å². The fourth-order valence-corrected chi connectivity index (χ4v) is 1.02. The van der Waals surface area contributed by atoms with Gasteiger partial charge in [-0.3, -0.25) is 0 Å². The maximum Gasteiger partial charge on any atom is 0.224 e. The molecule has 14 heavy (non-hydrogen) atoms. The summed E-state index contributed by atoms with van der Waals surface area (Å²) in [5.74, 6) is 0.451. The van der Waals surface area contributed by atoms with Crippen LogP contribution in [0.25, 0.3) is 11.2 Å². The molecule has 2 heterocycles. The molecule has 0 amide bonds. The number of hydrogen-bond donors (Lipinski definition) is 2. The molecule has 6 nitrogen and oxygen atoms in total. The van der Waals surface area contributed by atoms with E-state index < -0.39 is 0 Å². The van der Waals surface area contributed by atoms with Crippen LogP contribution in [0.1, 0.15) is 0 Å². The Hall–Kier alpha value is -1.82. The quantitative estimate of drug-likeness (QED) is 0.700. The fraction of sp³-hybridized carbons (Fsp3) is 0.250. The number of aromatic nitrogens is 4. The van der Waals surface area contributed by atoms with Crippen LogP contribution in [0.5, 0.6) is 0 Å². The molecular weight excluding hydrogens is 182 g/mol. The predicted molar refractivity (Wildman–Crippen MR) is 50.7 cm³/mol. The van der Waals surface area contributed by atoms with E-state index in [0.29, 0.717) is 23.7 Å². The lowest BCUT2D eigenvalue weighted by Gasteiger charge is -2.01. The first-order valence-corrected chi connectivity index (χ1v) is 4.18. The second-order valence-corrected chi connectivity index (χ2v) is 2.61. The lowest BCUT2D eigenvalue weighted by Crippen LogP contribution is -2.08. The molecular formula is C8H9N5O. The maximum absolute atomic E-state index is 8.59. The predicted octanol–water partition coefficient (Wildman–Crippen LogP) is -0.176. The molecule has 0 atom stereocenters. The van der Waals surface area contributed by atoms with Gasteiger partial charge in [0, 0.05) is 18.9 Å². The summed E-state index contributed by atoms with van der Waals surface area (Å²) in [6, 6.07) is 0. The Morgan fingerprint density at radius 2 is 2.07 bits per heavy atom. The third kappa shape index (κ3) is 1.74. The molecule has 2 aromatic rings. The molecule has 6 heteroatoms. The van der Waals surface area contributed by atoms with Crippen molar-refractivity contribution in [3.63, 3.8) is 0 Å². The molecule has 0 saturated heterocycles. The minimum Gasteiger partial charge on any atom is -0.395 e. The van der Waals surface area contributed by atoms with Gasteiger partial charge < -0.3 is 10.4 Å². The zero-order chi connectivity index (χ0) is 9.80. The van der Waals surface area contributed by atoms with E-state index in [9.17, 15) is 0 Å². The number of aliphatic hydroxyl groups excluding tert-OH is 1. The molecule has 2 N–H and O–H groups in total. The number of nitrogens with one attached hydrogen (secondary N) is 1. The highest BCUT2D eigenvalue weighted by molar-refractivity contribution is 5.68. The van der Waals surface area contributed by atoms with E-state index in [1.165, 1.54) is 0 Å². The third-order valence-electron chi connectivity index (χ3n) is 1.62. The lowest BCUT2D eigenvalue weighted by atomic mass is 10.5. The smallest absolute Gasteiger partial charge is 0.224 e. The summed E-state index contributed by atoms with van der Waals surface area (Å²) in [6.45, 7) is 0.466. The van der Waals surface area contributed by atoms with E-state index in [0.717, 1.165) is 0 Å². The van der Waals surface area contributed by atoms with Crippen LogP contribution in [0.15, 0.2) is 18.6 Å². The Labute approximate surface area is 80.1 Å². The zero-order valence-electron chi connectivity index (χ0n) is 7.38. The topological polar surface area (TPSA) is 83.8 Å². The van der Waals surface area contributed by atoms with Crippen LogP contribution in [0.3, 0.4) is 0 Å². The van der Waals surface area contributed by atoms with Crippen molar-refractivity contribution < 1.29 is 5.11 Å². The highest BCUT2D eigenvalue weighted by Gasteiger charge is 1.99. The van der Waals surface area contributed by atoms with Crippen molar-refractivity contribution in [2.75, 3.05) is 18.5 Å². The minimum atomic E-state index is 0.0435. The molecule has 72 valence electrons. The van der Waals surface area contributed by atoms with Gasteiger partial charge in [-0.05, 0) is 0 Å². The SMILES string of the molecule is OCCNc1ncc2nccnc2n1. The van der Waals surface area contributed by atoms with Gasteiger partial charge in [0.15, 0.2) is 5.65 Å². The number of nitrogens with zero attached hydrogens (tertiary/aromatic N) is 4. The van der Waals surface area contributed by atoms with Crippen molar-refractivity contribution in [1.82, 2.24) is 19.9 Å². The zero-order valence-corrected chi connectivity index (χ0v) is 7.38. The highest BCUT2D eigenvalue weighted by atomic mass is 16.3. The lowest BCUT2D eigenvalue weighted by molar-refractivity contribution is 0.311. The van der Waals surface area contributed by atoms with Gasteiger partial charge in [-0.1, -0.05) is 0 Å². The average Bonchev–Trinajstić information content (AvgIpc) is 2.26. The number of aliphatic hydroxyl groups is 1. The normalized spacial score (nSPS) is 10.4. The Kier molecular flexibility index (Phi) is 2.46. The standard InChI is InChI=1S/C8H9N5O/c14-4-3-11-8-12-5-6-7(13-8)10-2-1-9-6/h1-2,5,14H,3-4H2,(H,10,11,12,13). The second kappa shape index (κ2) is 3.93. The van der Waals surface area contributed by atoms with Crippen LogP contribution in [-0.4, -0.2) is 38.2 Å². The van der Waals surface area contributed by atoms with Crippen LogP contribution >= 0.6 is 0 Å². The van der Waals surface area contributed by atoms with Crippen LogP contribution in [0, 0.1) is 0 Å². The van der Waals surface area contributed by atoms with Gasteiger partial charge >= 0.3 is 0 Å². The summed E-state index contributed by atoms with van der Waals surface area (Å²) in [4.78, 5) is 16.2. The number of fused-ring (bicyclic) bond motifs is 1. The van der Waals surface area contributed by atoms with Crippen molar-refractivity contribution in [2.24, 2.45) is 0 Å². The first-order valence-electron chi connectivity index (χ1n) is 4.18. The largest absolute Gasteiger partial charge is 0.395 e. The molecule has 0 unspecified atom stereocenters. The molecule has 0 aliphatic rings. The van der Waals surface area contributed by atoms with Crippen molar-refractivity contribution in [1.29, 1.82) is 0 Å². The first-order chi connectivity index (χ1) is 6.90. The number of anilines is 1. The van der Waals surface area contributed by atoms with Gasteiger partial charge in [0.05, 0.1) is 12.8 Å². The van der Waals surface area contributed by atoms with E-state index >= 15 is 0 Å². The molecule has 2 rings (SSSR count). The van der Waals surface area contributed by atoms with Crippen molar-refractivity contribution in [3.05, 3.63) is 18.6 Å². The van der Waals surface area contributed by atoms with Gasteiger partial charge in [-0.2, -0.15) is 4.98 Å². The molecule has 0 fully saturated rings. The Balaban J connectivity index is 2.32. The Morgan fingerprint density at radius 1 is 1.21 bits per heavy atom. The summed E-state index contributed by atoms with van der Waals surface area (Å²) < 4.78 is 0. The van der Waals surface area contributed by atoms with Crippen molar-refractivity contribution >= 4 is 17.1 Å². The van der Waals surface area contributed by atoms with E-state index in [4.69, 9.17) is 5.11 Å². The summed E-state index contributed by atoms with van der Waals surface area (Å²) in [5, 5.41) is 11.4. The van der Waals surface area contributed by atoms with Crippen LogP contribution in [0.2, 0.25) is 0 Å². The van der Waals surface area contributed by atoms with Crippen LogP contribution in [-0.2, 0) is 0 Å². The van der Waals surface area contributed by atoms with E-state index in [2.05, 4.69) is 25.3 Å². The minimum absolute atomic E-state index is 0.0435. The van der Waals surface area contributed by atoms with Gasteiger partial charge in [0.25, 0.3) is 0 Å². The summed E-state index contributed by atoms with van der Waals surface area (Å²) in [5.41, 5.74) is 1.20. The van der Waals surface area contributed by atoms with Crippen LogP contribution < -0.4 is 5.32 Å². The number of hydrogen-bond acceptors (Lipinski definition) is 6. The van der Waals surface area contributed by atoms with Gasteiger partial charge in [-0.15, -0.1) is 0 Å². The summed E-state index contributed by atoms with van der Waals surface area (Å²) >= 11 is 0. The summed E-state index contributed by atoms with van der Waals surface area (Å²) in [6.07, 6.45) is 4.76. The molecule has 0 bridgehead atoms. The molecule has 0 spiro atoms. The number of rotatable bonds is 3. The average molecular weight is 191 g/mol. The first kappa shape index (κ1) is 8.76. The summed E-state index contributed by atoms with van der Waals surface area (Å²) in [7, 11) is 0. The van der Waals surface area contributed by atoms with Crippen molar-refractivity contribution in [2.45, 2.75) is 0 Å². The van der Waals surface area contributed by atoms with Crippen LogP contribution in [0.4, 0.5) is 5.95 Å². The molecule has 0 aliphatic carbocycles. The van der Waals surface area contributed by atoms with E-state index in [1.807, 2.05) is 0 Å². The third-order valence-corrected chi connectivity index (χ3v) is 1.62. The molecule has 0 aliphatic heterocycles. The van der Waals surface area contributed by atoms with E-state index in [1.54, 1.807) is 18.6 Å². The Bertz CT molecular complexity index is 433. The highest BCUT2D eigenvalue weighted by Crippen LogP contribution is 2.05. The molecule has 0 radical (unpaired) electrons. The molecule has 0 saturated carbocycles. The fourth-order valence-electron chi connectivity index (χ4n) is 1.02. The van der Waals surface area contributed by atoms with Gasteiger partial charge in [-0.25, -0.2) is 15.0 Å².